The minimum atomic E-state index is -1.88. The number of hydrogen-bond acceptors (Lipinski definition) is 6. The van der Waals surface area contributed by atoms with Crippen molar-refractivity contribution in [3.8, 4) is 11.8 Å². The number of nitro benzene ring substituents is 1. The molecule has 1 atom stereocenters. The molecule has 0 saturated heterocycles. The molecule has 8 nitrogen and oxygen atoms in total. The van der Waals surface area contributed by atoms with Crippen LogP contribution in [0.25, 0.3) is 0 Å². The normalized spacial score (nSPS) is 11.4. The molecular formula is C10H8N2O6. The Morgan fingerprint density at radius 3 is 2.61 bits per heavy atom. The molecule has 0 heterocycles. The Bertz CT molecular complexity index is 548. The van der Waals surface area contributed by atoms with E-state index in [-0.39, 0.29) is 16.9 Å². The minimum absolute atomic E-state index is 0.165. The highest BCUT2D eigenvalue weighted by atomic mass is 16.6. The van der Waals surface area contributed by atoms with Crippen molar-refractivity contribution in [2.24, 2.45) is 0 Å². The molecule has 0 aliphatic heterocycles. The molecule has 94 valence electrons. The molecule has 0 aliphatic rings. The first-order valence-electron chi connectivity index (χ1n) is 4.59. The molecule has 0 radical (unpaired) electrons. The van der Waals surface area contributed by atoms with Gasteiger partial charge in [-0.2, -0.15) is 5.26 Å². The average Bonchev–Trinajstić information content (AvgIpc) is 2.35. The summed E-state index contributed by atoms with van der Waals surface area (Å²) in [5.41, 5.74) is -1.11. The van der Waals surface area contributed by atoms with Crippen LogP contribution >= 0.6 is 0 Å². The lowest BCUT2D eigenvalue weighted by Gasteiger charge is -2.09. The lowest BCUT2D eigenvalue weighted by molar-refractivity contribution is -0.386. The van der Waals surface area contributed by atoms with Gasteiger partial charge < -0.3 is 14.9 Å². The van der Waals surface area contributed by atoms with Gasteiger partial charge in [-0.3, -0.25) is 10.1 Å². The van der Waals surface area contributed by atoms with E-state index in [4.69, 9.17) is 15.1 Å². The topological polar surface area (TPSA) is 134 Å². The summed E-state index contributed by atoms with van der Waals surface area (Å²) in [6.45, 7) is 0. The van der Waals surface area contributed by atoms with Crippen molar-refractivity contribution in [2.45, 2.75) is 6.10 Å². The summed E-state index contributed by atoms with van der Waals surface area (Å²) in [6.07, 6.45) is -1.88. The first kappa shape index (κ1) is 13.4. The van der Waals surface area contributed by atoms with Gasteiger partial charge >= 0.3 is 11.7 Å². The number of nitrogens with zero attached hydrogens (tertiary/aromatic N) is 2. The van der Waals surface area contributed by atoms with E-state index in [1.54, 1.807) is 6.07 Å². The van der Waals surface area contributed by atoms with Gasteiger partial charge in [0.1, 0.15) is 11.6 Å². The van der Waals surface area contributed by atoms with E-state index < -0.39 is 22.7 Å². The van der Waals surface area contributed by atoms with Crippen LogP contribution in [0.5, 0.6) is 5.75 Å². The molecule has 0 amide bonds. The first-order valence-corrected chi connectivity index (χ1v) is 4.59. The molecule has 1 aromatic rings. The van der Waals surface area contributed by atoms with Crippen LogP contribution in [0.15, 0.2) is 12.1 Å². The Morgan fingerprint density at radius 2 is 2.22 bits per heavy atom. The third-order valence-corrected chi connectivity index (χ3v) is 2.17. The van der Waals surface area contributed by atoms with Gasteiger partial charge in [-0.1, -0.05) is 0 Å². The monoisotopic (exact) mass is 252 g/mol. The lowest BCUT2D eigenvalue weighted by atomic mass is 10.0. The van der Waals surface area contributed by atoms with E-state index in [0.29, 0.717) is 0 Å². The molecule has 0 saturated carbocycles. The summed E-state index contributed by atoms with van der Waals surface area (Å²) in [5.74, 6) is -1.82. The number of aliphatic hydroxyl groups is 1. The second kappa shape index (κ2) is 5.11. The summed E-state index contributed by atoms with van der Waals surface area (Å²) in [4.78, 5) is 20.6. The summed E-state index contributed by atoms with van der Waals surface area (Å²) < 4.78 is 4.72. The van der Waals surface area contributed by atoms with Crippen LogP contribution in [-0.2, 0) is 4.79 Å². The molecule has 0 aliphatic carbocycles. The zero-order valence-corrected chi connectivity index (χ0v) is 9.15. The molecule has 1 rings (SSSR count). The van der Waals surface area contributed by atoms with Crippen molar-refractivity contribution in [3.63, 3.8) is 0 Å². The van der Waals surface area contributed by atoms with Gasteiger partial charge in [-0.05, 0) is 17.7 Å². The zero-order chi connectivity index (χ0) is 13.9. The fourth-order valence-corrected chi connectivity index (χ4v) is 1.36. The highest BCUT2D eigenvalue weighted by molar-refractivity contribution is 5.75. The molecule has 0 bridgehead atoms. The standard InChI is InChI=1S/C10H8N2O6/c1-18-7-3-5(9(13)10(14)15)2-6(4-11)8(7)12(16)17/h2-3,9,13H,1H3,(H,14,15). The number of carbonyl (C=O) groups is 1. The van der Waals surface area contributed by atoms with Crippen LogP contribution in [0, 0.1) is 21.4 Å². The van der Waals surface area contributed by atoms with Crippen LogP contribution in [0.2, 0.25) is 0 Å². The number of carboxylic acids is 1. The van der Waals surface area contributed by atoms with Crippen LogP contribution in [0.3, 0.4) is 0 Å². The molecule has 0 spiro atoms. The Labute approximate surface area is 101 Å². The maximum absolute atomic E-state index is 10.8. The van der Waals surface area contributed by atoms with Gasteiger partial charge in [0.05, 0.1) is 12.0 Å². The van der Waals surface area contributed by atoms with Crippen LogP contribution in [0.1, 0.15) is 17.2 Å². The molecule has 8 heteroatoms. The molecule has 18 heavy (non-hydrogen) atoms. The predicted octanol–water partition coefficient (Wildman–Crippen LogP) is 0.593. The highest BCUT2D eigenvalue weighted by Crippen LogP contribution is 2.33. The van der Waals surface area contributed by atoms with Gasteiger partial charge in [0.15, 0.2) is 11.9 Å². The molecule has 0 aromatic heterocycles. The van der Waals surface area contributed by atoms with E-state index in [2.05, 4.69) is 0 Å². The number of aliphatic hydroxyl groups excluding tert-OH is 1. The number of aliphatic carboxylic acids is 1. The smallest absolute Gasteiger partial charge is 0.337 e. The van der Waals surface area contributed by atoms with Crippen molar-refractivity contribution in [1.29, 1.82) is 5.26 Å². The molecular weight excluding hydrogens is 244 g/mol. The van der Waals surface area contributed by atoms with Gasteiger partial charge in [-0.15, -0.1) is 0 Å². The van der Waals surface area contributed by atoms with Crippen molar-refractivity contribution in [2.75, 3.05) is 7.11 Å². The Morgan fingerprint density at radius 1 is 1.61 bits per heavy atom. The zero-order valence-electron chi connectivity index (χ0n) is 9.15. The lowest BCUT2D eigenvalue weighted by Crippen LogP contribution is -2.11. The van der Waals surface area contributed by atoms with Gasteiger partial charge in [0.25, 0.3) is 0 Å². The number of nitro groups is 1. The third kappa shape index (κ3) is 2.36. The van der Waals surface area contributed by atoms with E-state index in [1.165, 1.54) is 0 Å². The second-order valence-corrected chi connectivity index (χ2v) is 3.23. The number of benzene rings is 1. The third-order valence-electron chi connectivity index (χ3n) is 2.17. The summed E-state index contributed by atoms with van der Waals surface area (Å²) in [5, 5.41) is 37.5. The SMILES string of the molecule is COc1cc(C(O)C(=O)O)cc(C#N)c1[N+](=O)[O-]. The fourth-order valence-electron chi connectivity index (χ4n) is 1.36. The number of hydrogen-bond donors (Lipinski definition) is 2. The van der Waals surface area contributed by atoms with Gasteiger partial charge in [0, 0.05) is 0 Å². The highest BCUT2D eigenvalue weighted by Gasteiger charge is 2.26. The minimum Gasteiger partial charge on any atom is -0.490 e. The number of methoxy groups -OCH3 is 1. The average molecular weight is 252 g/mol. The van der Waals surface area contributed by atoms with Gasteiger partial charge in [0.2, 0.25) is 0 Å². The summed E-state index contributed by atoms with van der Waals surface area (Å²) in [7, 11) is 1.14. The Hall–Kier alpha value is -2.66. The maximum Gasteiger partial charge on any atom is 0.337 e. The van der Waals surface area contributed by atoms with Gasteiger partial charge in [-0.25, -0.2) is 4.79 Å². The van der Waals surface area contributed by atoms with Crippen LogP contribution < -0.4 is 4.74 Å². The molecule has 1 aromatic carbocycles. The summed E-state index contributed by atoms with van der Waals surface area (Å²) >= 11 is 0. The van der Waals surface area contributed by atoms with Crippen LogP contribution in [-0.4, -0.2) is 28.2 Å². The van der Waals surface area contributed by atoms with E-state index >= 15 is 0 Å². The predicted molar refractivity (Wildman–Crippen MR) is 57.0 cm³/mol. The van der Waals surface area contributed by atoms with E-state index in [0.717, 1.165) is 19.2 Å². The van der Waals surface area contributed by atoms with E-state index in [1.807, 2.05) is 0 Å². The largest absolute Gasteiger partial charge is 0.490 e. The Balaban J connectivity index is 3.50. The maximum atomic E-state index is 10.8. The second-order valence-electron chi connectivity index (χ2n) is 3.23. The van der Waals surface area contributed by atoms with E-state index in [9.17, 15) is 20.0 Å². The van der Waals surface area contributed by atoms with Crippen molar-refractivity contribution in [1.82, 2.24) is 0 Å². The van der Waals surface area contributed by atoms with Crippen molar-refractivity contribution < 1.29 is 24.7 Å². The first-order chi connectivity index (χ1) is 8.42. The number of nitriles is 1. The number of ether oxygens (including phenoxy) is 1. The molecule has 0 fully saturated rings. The summed E-state index contributed by atoms with van der Waals surface area (Å²) in [6, 6.07) is 3.52. The molecule has 1 unspecified atom stereocenters. The number of rotatable bonds is 4. The Kier molecular flexibility index (Phi) is 3.81. The number of carboxylic acid groups (broad SMARTS) is 1. The molecule has 2 N–H and O–H groups in total. The van der Waals surface area contributed by atoms with Crippen molar-refractivity contribution in [3.05, 3.63) is 33.4 Å². The fraction of sp³-hybridized carbons (Fsp3) is 0.200. The quantitative estimate of drug-likeness (QED) is 0.591. The van der Waals surface area contributed by atoms with Crippen molar-refractivity contribution >= 4 is 11.7 Å². The van der Waals surface area contributed by atoms with Crippen LogP contribution in [0.4, 0.5) is 5.69 Å².